The summed E-state index contributed by atoms with van der Waals surface area (Å²) in [6, 6.07) is 7.28. The van der Waals surface area contributed by atoms with E-state index >= 15 is 0 Å². The predicted molar refractivity (Wildman–Crippen MR) is 68.0 cm³/mol. The van der Waals surface area contributed by atoms with Gasteiger partial charge in [0.05, 0.1) is 25.9 Å². The number of nitrogens with zero attached hydrogens (tertiary/aromatic N) is 2. The summed E-state index contributed by atoms with van der Waals surface area (Å²) in [6.45, 7) is 1.74. The number of aliphatic hydroxyl groups is 1. The third-order valence-electron chi connectivity index (χ3n) is 3.04. The lowest BCUT2D eigenvalue weighted by molar-refractivity contribution is 0.0727. The van der Waals surface area contributed by atoms with Gasteiger partial charge in [0.25, 0.3) is 0 Å². The van der Waals surface area contributed by atoms with Crippen LogP contribution in [-0.2, 0) is 4.74 Å². The van der Waals surface area contributed by atoms with Crippen LogP contribution in [0.15, 0.2) is 29.4 Å². The summed E-state index contributed by atoms with van der Waals surface area (Å²) in [7, 11) is 0. The first-order chi connectivity index (χ1) is 8.77. The molecule has 4 N–H and O–H groups in total. The van der Waals surface area contributed by atoms with Gasteiger partial charge in [0, 0.05) is 17.8 Å². The summed E-state index contributed by atoms with van der Waals surface area (Å²) < 4.78 is 5.34. The molecule has 1 aromatic rings. The number of nitrogens with two attached hydrogens (primary N) is 1. The van der Waals surface area contributed by atoms with E-state index < -0.39 is 0 Å². The summed E-state index contributed by atoms with van der Waals surface area (Å²) in [5, 5.41) is 21.2. The standard InChI is InChI=1S/C12H17N3O3/c13-12(14-17)10-3-1-2-4-11(10)15-5-6-18-8-9(15)7-16/h1-4,9,16-17H,5-8H2,(H2,13,14). The molecular weight excluding hydrogens is 234 g/mol. The van der Waals surface area contributed by atoms with E-state index in [2.05, 4.69) is 5.16 Å². The van der Waals surface area contributed by atoms with Gasteiger partial charge in [-0.15, -0.1) is 0 Å². The van der Waals surface area contributed by atoms with E-state index in [1.54, 1.807) is 6.07 Å². The van der Waals surface area contributed by atoms with Crippen LogP contribution < -0.4 is 10.6 Å². The first kappa shape index (κ1) is 12.7. The molecule has 1 heterocycles. The Kier molecular flexibility index (Phi) is 4.01. The normalized spacial score (nSPS) is 21.1. The maximum atomic E-state index is 9.38. The zero-order valence-electron chi connectivity index (χ0n) is 9.99. The third kappa shape index (κ3) is 2.39. The smallest absolute Gasteiger partial charge is 0.172 e. The highest BCUT2D eigenvalue weighted by Gasteiger charge is 2.24. The monoisotopic (exact) mass is 251 g/mol. The Morgan fingerprint density at radius 2 is 2.28 bits per heavy atom. The minimum atomic E-state index is -0.105. The Morgan fingerprint density at radius 1 is 1.50 bits per heavy atom. The zero-order chi connectivity index (χ0) is 13.0. The van der Waals surface area contributed by atoms with Crippen LogP contribution in [0, 0.1) is 0 Å². The molecule has 1 fully saturated rings. The lowest BCUT2D eigenvalue weighted by Gasteiger charge is -2.37. The fraction of sp³-hybridized carbons (Fsp3) is 0.417. The molecule has 1 saturated heterocycles. The largest absolute Gasteiger partial charge is 0.409 e. The molecule has 0 amide bonds. The second kappa shape index (κ2) is 5.70. The SMILES string of the molecule is N/C(=N/O)c1ccccc1N1CCOCC1CO. The number of anilines is 1. The first-order valence-electron chi connectivity index (χ1n) is 5.80. The maximum Gasteiger partial charge on any atom is 0.172 e. The summed E-state index contributed by atoms with van der Waals surface area (Å²) in [5.74, 6) is 0.0637. The minimum Gasteiger partial charge on any atom is -0.409 e. The van der Waals surface area contributed by atoms with E-state index in [1.165, 1.54) is 0 Å². The highest BCUT2D eigenvalue weighted by molar-refractivity contribution is 6.02. The lowest BCUT2D eigenvalue weighted by atomic mass is 10.1. The maximum absolute atomic E-state index is 9.38. The number of ether oxygens (including phenoxy) is 1. The average Bonchev–Trinajstić information content (AvgIpc) is 2.46. The molecule has 1 unspecified atom stereocenters. The van der Waals surface area contributed by atoms with Gasteiger partial charge >= 0.3 is 0 Å². The molecule has 18 heavy (non-hydrogen) atoms. The number of hydrogen-bond acceptors (Lipinski definition) is 5. The molecule has 0 radical (unpaired) electrons. The van der Waals surface area contributed by atoms with Gasteiger partial charge in [0.2, 0.25) is 0 Å². The molecule has 6 heteroatoms. The Bertz CT molecular complexity index is 436. The van der Waals surface area contributed by atoms with Crippen molar-refractivity contribution in [1.29, 1.82) is 0 Å². The molecule has 1 aromatic carbocycles. The topological polar surface area (TPSA) is 91.3 Å². The number of aliphatic hydroxyl groups excluding tert-OH is 1. The van der Waals surface area contributed by atoms with Gasteiger partial charge in [0.1, 0.15) is 0 Å². The molecular formula is C12H17N3O3. The molecule has 0 bridgehead atoms. The number of hydrogen-bond donors (Lipinski definition) is 3. The van der Waals surface area contributed by atoms with Crippen molar-refractivity contribution in [2.75, 3.05) is 31.3 Å². The fourth-order valence-electron chi connectivity index (χ4n) is 2.12. The highest BCUT2D eigenvalue weighted by Crippen LogP contribution is 2.24. The number of oxime groups is 1. The molecule has 1 atom stereocenters. The summed E-state index contributed by atoms with van der Waals surface area (Å²) >= 11 is 0. The fourth-order valence-corrected chi connectivity index (χ4v) is 2.12. The van der Waals surface area contributed by atoms with Crippen LogP contribution in [0.3, 0.4) is 0 Å². The number of benzene rings is 1. The van der Waals surface area contributed by atoms with Gasteiger partial charge in [-0.25, -0.2) is 0 Å². The van der Waals surface area contributed by atoms with Crippen molar-refractivity contribution in [3.8, 4) is 0 Å². The van der Waals surface area contributed by atoms with E-state index in [0.29, 0.717) is 25.3 Å². The van der Waals surface area contributed by atoms with Gasteiger partial charge in [0.15, 0.2) is 5.84 Å². The second-order valence-corrected chi connectivity index (χ2v) is 4.11. The van der Waals surface area contributed by atoms with Crippen molar-refractivity contribution in [2.24, 2.45) is 10.9 Å². The lowest BCUT2D eigenvalue weighted by Crippen LogP contribution is -2.48. The highest BCUT2D eigenvalue weighted by atomic mass is 16.5. The van der Waals surface area contributed by atoms with Crippen LogP contribution >= 0.6 is 0 Å². The van der Waals surface area contributed by atoms with E-state index in [0.717, 1.165) is 5.69 Å². The molecule has 0 saturated carbocycles. The molecule has 0 aliphatic carbocycles. The van der Waals surface area contributed by atoms with Gasteiger partial charge in [-0.05, 0) is 12.1 Å². The summed E-state index contributed by atoms with van der Waals surface area (Å²) in [4.78, 5) is 2.02. The second-order valence-electron chi connectivity index (χ2n) is 4.11. The van der Waals surface area contributed by atoms with Crippen LogP contribution in [0.2, 0.25) is 0 Å². The Balaban J connectivity index is 2.37. The predicted octanol–water partition coefficient (Wildman–Crippen LogP) is -0.0214. The van der Waals surface area contributed by atoms with Crippen LogP contribution in [0.1, 0.15) is 5.56 Å². The van der Waals surface area contributed by atoms with Gasteiger partial charge in [-0.2, -0.15) is 0 Å². The molecule has 98 valence electrons. The van der Waals surface area contributed by atoms with Gasteiger partial charge < -0.3 is 25.7 Å². The van der Waals surface area contributed by atoms with Crippen molar-refractivity contribution < 1.29 is 15.1 Å². The van der Waals surface area contributed by atoms with Crippen molar-refractivity contribution in [2.45, 2.75) is 6.04 Å². The van der Waals surface area contributed by atoms with Crippen LogP contribution in [0.5, 0.6) is 0 Å². The van der Waals surface area contributed by atoms with Crippen molar-refractivity contribution in [1.82, 2.24) is 0 Å². The van der Waals surface area contributed by atoms with E-state index in [1.807, 2.05) is 23.1 Å². The number of amidine groups is 1. The van der Waals surface area contributed by atoms with Crippen LogP contribution in [0.25, 0.3) is 0 Å². The van der Waals surface area contributed by atoms with E-state index in [-0.39, 0.29) is 18.5 Å². The molecule has 1 aliphatic rings. The zero-order valence-corrected chi connectivity index (χ0v) is 9.99. The van der Waals surface area contributed by atoms with E-state index in [9.17, 15) is 5.11 Å². The van der Waals surface area contributed by atoms with E-state index in [4.69, 9.17) is 15.7 Å². The van der Waals surface area contributed by atoms with Crippen LogP contribution in [0.4, 0.5) is 5.69 Å². The van der Waals surface area contributed by atoms with Crippen molar-refractivity contribution >= 4 is 11.5 Å². The molecule has 0 aromatic heterocycles. The molecule has 2 rings (SSSR count). The summed E-state index contributed by atoms with van der Waals surface area (Å²) in [5.41, 5.74) is 7.16. The summed E-state index contributed by atoms with van der Waals surface area (Å²) in [6.07, 6.45) is 0. The number of rotatable bonds is 3. The molecule has 6 nitrogen and oxygen atoms in total. The van der Waals surface area contributed by atoms with Gasteiger partial charge in [-0.1, -0.05) is 17.3 Å². The number of para-hydroxylation sites is 1. The Hall–Kier alpha value is -1.79. The minimum absolute atomic E-state index is 0.00447. The molecule has 0 spiro atoms. The number of morpholine rings is 1. The average molecular weight is 251 g/mol. The Labute approximate surface area is 105 Å². The van der Waals surface area contributed by atoms with Gasteiger partial charge in [-0.3, -0.25) is 0 Å². The first-order valence-corrected chi connectivity index (χ1v) is 5.80. The third-order valence-corrected chi connectivity index (χ3v) is 3.04. The van der Waals surface area contributed by atoms with Crippen molar-refractivity contribution in [3.63, 3.8) is 0 Å². The van der Waals surface area contributed by atoms with Crippen LogP contribution in [-0.4, -0.2) is 48.6 Å². The Morgan fingerprint density at radius 3 is 3.00 bits per heavy atom. The molecule has 1 aliphatic heterocycles. The quantitative estimate of drug-likeness (QED) is 0.304. The van der Waals surface area contributed by atoms with Crippen molar-refractivity contribution in [3.05, 3.63) is 29.8 Å².